The van der Waals surface area contributed by atoms with Gasteiger partial charge in [-0.2, -0.15) is 0 Å². The number of ether oxygens (including phenoxy) is 2. The fourth-order valence-electron chi connectivity index (χ4n) is 3.34. The Morgan fingerprint density at radius 2 is 1.88 bits per heavy atom. The molecule has 0 radical (unpaired) electrons. The van der Waals surface area contributed by atoms with Crippen molar-refractivity contribution in [3.63, 3.8) is 0 Å². The number of amides is 1. The van der Waals surface area contributed by atoms with Gasteiger partial charge in [-0.05, 0) is 36.4 Å². The smallest absolute Gasteiger partial charge is 0.265 e. The summed E-state index contributed by atoms with van der Waals surface area (Å²) in [7, 11) is 3.04. The van der Waals surface area contributed by atoms with Crippen molar-refractivity contribution in [3.8, 4) is 17.2 Å². The summed E-state index contributed by atoms with van der Waals surface area (Å²) in [5, 5.41) is 3.02. The molecule has 0 spiro atoms. The highest BCUT2D eigenvalue weighted by molar-refractivity contribution is 5.97. The quantitative estimate of drug-likeness (QED) is 0.504. The number of aromatic nitrogens is 2. The number of methoxy groups -OCH3 is 2. The Bertz CT molecular complexity index is 1370. The lowest BCUT2D eigenvalue weighted by molar-refractivity contribution is 0.0950. The van der Waals surface area contributed by atoms with Crippen LogP contribution in [-0.4, -0.2) is 29.7 Å². The summed E-state index contributed by atoms with van der Waals surface area (Å²) in [5.74, 6) is 0.268. The average molecular weight is 433 g/mol. The fourth-order valence-corrected chi connectivity index (χ4v) is 3.34. The highest BCUT2D eigenvalue weighted by Crippen LogP contribution is 2.27. The third kappa shape index (κ3) is 4.02. The highest BCUT2D eigenvalue weighted by Gasteiger charge is 2.14. The zero-order valence-corrected chi connectivity index (χ0v) is 17.5. The van der Waals surface area contributed by atoms with Crippen molar-refractivity contribution in [2.45, 2.75) is 6.54 Å². The largest absolute Gasteiger partial charge is 0.497 e. The predicted octanol–water partition coefficient (Wildman–Crippen LogP) is 3.47. The maximum absolute atomic E-state index is 13.8. The van der Waals surface area contributed by atoms with E-state index in [4.69, 9.17) is 9.47 Å². The first-order valence-electron chi connectivity index (χ1n) is 9.77. The maximum Gasteiger partial charge on any atom is 0.265 e. The second kappa shape index (κ2) is 8.89. The van der Waals surface area contributed by atoms with Gasteiger partial charge in [0.25, 0.3) is 11.5 Å². The fraction of sp³-hybridized carbons (Fsp3) is 0.125. The van der Waals surface area contributed by atoms with Crippen molar-refractivity contribution in [3.05, 3.63) is 94.3 Å². The highest BCUT2D eigenvalue weighted by atomic mass is 19.1. The third-order valence-corrected chi connectivity index (χ3v) is 5.06. The Labute approximate surface area is 183 Å². The molecule has 0 bridgehead atoms. The molecule has 1 N–H and O–H groups in total. The molecule has 162 valence electrons. The van der Waals surface area contributed by atoms with Crippen molar-refractivity contribution >= 4 is 16.8 Å². The van der Waals surface area contributed by atoms with Gasteiger partial charge < -0.3 is 14.8 Å². The van der Waals surface area contributed by atoms with Crippen LogP contribution in [0.25, 0.3) is 16.6 Å². The van der Waals surface area contributed by atoms with Gasteiger partial charge in [0.05, 0.1) is 30.8 Å². The lowest BCUT2D eigenvalue weighted by atomic mass is 10.1. The summed E-state index contributed by atoms with van der Waals surface area (Å²) in [6.07, 6.45) is 1.38. The van der Waals surface area contributed by atoms with E-state index in [1.54, 1.807) is 42.5 Å². The average Bonchev–Trinajstić information content (AvgIpc) is 2.83. The zero-order valence-electron chi connectivity index (χ0n) is 17.5. The molecule has 0 aliphatic rings. The van der Waals surface area contributed by atoms with Crippen molar-refractivity contribution in [1.29, 1.82) is 0 Å². The molecule has 1 heterocycles. The lowest BCUT2D eigenvalue weighted by Crippen LogP contribution is -2.24. The van der Waals surface area contributed by atoms with E-state index in [0.29, 0.717) is 39.2 Å². The number of nitrogens with zero attached hydrogens (tertiary/aromatic N) is 2. The first-order valence-corrected chi connectivity index (χ1v) is 9.77. The number of nitrogens with one attached hydrogen (secondary N) is 1. The van der Waals surface area contributed by atoms with E-state index >= 15 is 0 Å². The van der Waals surface area contributed by atoms with E-state index in [-0.39, 0.29) is 17.9 Å². The van der Waals surface area contributed by atoms with Crippen LogP contribution in [0.5, 0.6) is 11.5 Å². The Morgan fingerprint density at radius 3 is 2.62 bits per heavy atom. The number of rotatable bonds is 6. The van der Waals surface area contributed by atoms with Crippen LogP contribution in [0, 0.1) is 5.82 Å². The molecule has 4 rings (SSSR count). The molecule has 4 aromatic rings. The molecule has 0 saturated heterocycles. The first kappa shape index (κ1) is 21.0. The van der Waals surface area contributed by atoms with Gasteiger partial charge in [0, 0.05) is 23.7 Å². The Balaban J connectivity index is 1.65. The third-order valence-electron chi connectivity index (χ3n) is 5.06. The van der Waals surface area contributed by atoms with Crippen molar-refractivity contribution in [1.82, 2.24) is 14.9 Å². The van der Waals surface area contributed by atoms with E-state index in [1.807, 2.05) is 0 Å². The van der Waals surface area contributed by atoms with Crippen molar-refractivity contribution in [2.75, 3.05) is 14.2 Å². The molecule has 0 atom stereocenters. The molecule has 0 saturated carbocycles. The van der Waals surface area contributed by atoms with E-state index in [0.717, 1.165) is 0 Å². The molecule has 1 amide bonds. The Morgan fingerprint density at radius 1 is 1.06 bits per heavy atom. The molecule has 0 aliphatic carbocycles. The molecule has 1 aromatic heterocycles. The molecule has 32 heavy (non-hydrogen) atoms. The number of benzene rings is 3. The summed E-state index contributed by atoms with van der Waals surface area (Å²) in [5.41, 5.74) is 1.23. The SMILES string of the molecule is COc1ccc(OC)c(-n2cnc3cc(C(=O)NCc4ccccc4F)ccc3c2=O)c1. The van der Waals surface area contributed by atoms with Crippen molar-refractivity contribution < 1.29 is 18.7 Å². The molecule has 3 aromatic carbocycles. The minimum Gasteiger partial charge on any atom is -0.497 e. The van der Waals surface area contributed by atoms with Gasteiger partial charge in [-0.1, -0.05) is 18.2 Å². The number of halogens is 1. The van der Waals surface area contributed by atoms with Crippen LogP contribution in [-0.2, 0) is 6.54 Å². The van der Waals surface area contributed by atoms with E-state index in [9.17, 15) is 14.0 Å². The van der Waals surface area contributed by atoms with Crippen LogP contribution < -0.4 is 20.3 Å². The molecular formula is C24H20FN3O4. The Hall–Kier alpha value is -4.20. The second-order valence-corrected chi connectivity index (χ2v) is 6.96. The normalized spacial score (nSPS) is 10.7. The minimum atomic E-state index is -0.393. The zero-order chi connectivity index (χ0) is 22.7. The lowest BCUT2D eigenvalue weighted by Gasteiger charge is -2.13. The number of carbonyl (C=O) groups is 1. The van der Waals surface area contributed by atoms with Crippen LogP contribution in [0.2, 0.25) is 0 Å². The van der Waals surface area contributed by atoms with Gasteiger partial charge in [-0.25, -0.2) is 9.37 Å². The van der Waals surface area contributed by atoms with Crippen molar-refractivity contribution in [2.24, 2.45) is 0 Å². The number of hydrogen-bond acceptors (Lipinski definition) is 5. The maximum atomic E-state index is 13.8. The van der Waals surface area contributed by atoms with Gasteiger partial charge in [0.1, 0.15) is 23.6 Å². The van der Waals surface area contributed by atoms with E-state index in [2.05, 4.69) is 10.3 Å². The van der Waals surface area contributed by atoms with Gasteiger partial charge in [0.2, 0.25) is 0 Å². The molecule has 0 aliphatic heterocycles. The molecule has 8 heteroatoms. The predicted molar refractivity (Wildman–Crippen MR) is 118 cm³/mol. The number of hydrogen-bond donors (Lipinski definition) is 1. The van der Waals surface area contributed by atoms with Crippen LogP contribution in [0.4, 0.5) is 4.39 Å². The summed E-state index contributed by atoms with van der Waals surface area (Å²) in [6, 6.07) is 16.0. The van der Waals surface area contributed by atoms with E-state index in [1.165, 1.54) is 43.3 Å². The number of fused-ring (bicyclic) bond motifs is 1. The number of carbonyl (C=O) groups excluding carboxylic acids is 1. The molecule has 0 fully saturated rings. The van der Waals surface area contributed by atoms with Gasteiger partial charge in [0.15, 0.2) is 0 Å². The first-order chi connectivity index (χ1) is 15.5. The summed E-state index contributed by atoms with van der Waals surface area (Å²) in [6.45, 7) is 0.0498. The van der Waals surface area contributed by atoms with Gasteiger partial charge in [-0.3, -0.25) is 14.2 Å². The Kier molecular flexibility index (Phi) is 5.85. The van der Waals surface area contributed by atoms with Crippen LogP contribution in [0.1, 0.15) is 15.9 Å². The van der Waals surface area contributed by atoms with Crippen LogP contribution in [0.15, 0.2) is 71.8 Å². The van der Waals surface area contributed by atoms with Crippen LogP contribution in [0.3, 0.4) is 0 Å². The topological polar surface area (TPSA) is 82.4 Å². The van der Waals surface area contributed by atoms with Crippen LogP contribution >= 0.6 is 0 Å². The van der Waals surface area contributed by atoms with E-state index < -0.39 is 5.91 Å². The summed E-state index contributed by atoms with van der Waals surface area (Å²) in [4.78, 5) is 30.0. The standard InChI is InChI=1S/C24H20FN3O4/c1-31-17-8-10-22(32-2)21(12-17)28-14-27-20-11-15(7-9-18(20)24(28)30)23(29)26-13-16-5-3-4-6-19(16)25/h3-12,14H,13H2,1-2H3,(H,26,29). The van der Waals surface area contributed by atoms with Gasteiger partial charge >= 0.3 is 0 Å². The molecule has 0 unspecified atom stereocenters. The van der Waals surface area contributed by atoms with Gasteiger partial charge in [-0.15, -0.1) is 0 Å². The molecular weight excluding hydrogens is 413 g/mol. The monoisotopic (exact) mass is 433 g/mol. The second-order valence-electron chi connectivity index (χ2n) is 6.96. The minimum absolute atomic E-state index is 0.0498. The summed E-state index contributed by atoms with van der Waals surface area (Å²) < 4.78 is 25.7. The summed E-state index contributed by atoms with van der Waals surface area (Å²) >= 11 is 0. The molecule has 7 nitrogen and oxygen atoms in total.